The summed E-state index contributed by atoms with van der Waals surface area (Å²) < 4.78 is 39.6. The quantitative estimate of drug-likeness (QED) is 0.828. The van der Waals surface area contributed by atoms with Crippen LogP contribution in [0.25, 0.3) is 0 Å². The van der Waals surface area contributed by atoms with E-state index in [4.69, 9.17) is 0 Å². The van der Waals surface area contributed by atoms with Gasteiger partial charge in [0, 0.05) is 10.2 Å². The third kappa shape index (κ3) is 4.62. The minimum absolute atomic E-state index is 0.106. The topological polar surface area (TPSA) is 75.3 Å². The van der Waals surface area contributed by atoms with Crippen LogP contribution in [-0.2, 0) is 14.8 Å². The maximum absolute atomic E-state index is 12.8. The monoisotopic (exact) mass is 386 g/mol. The minimum Gasteiger partial charge on any atom is -0.325 e. The number of rotatable bonds is 5. The van der Waals surface area contributed by atoms with Crippen molar-refractivity contribution in [3.8, 4) is 0 Å². The molecule has 0 saturated heterocycles. The molecule has 2 aromatic carbocycles. The molecule has 0 unspecified atom stereocenters. The summed E-state index contributed by atoms with van der Waals surface area (Å²) in [5.41, 5.74) is 0.550. The second-order valence-corrected chi connectivity index (χ2v) is 7.02. The van der Waals surface area contributed by atoms with Gasteiger partial charge in [-0.2, -0.15) is 0 Å². The Labute approximate surface area is 135 Å². The van der Waals surface area contributed by atoms with Crippen molar-refractivity contribution < 1.29 is 17.6 Å². The minimum atomic E-state index is -3.86. The highest BCUT2D eigenvalue weighted by Gasteiger charge is 2.15. The van der Waals surface area contributed by atoms with Crippen LogP contribution in [0.1, 0.15) is 0 Å². The van der Waals surface area contributed by atoms with E-state index in [2.05, 4.69) is 26.0 Å². The summed E-state index contributed by atoms with van der Waals surface area (Å²) in [7, 11) is -3.86. The molecule has 1 amide bonds. The van der Waals surface area contributed by atoms with Crippen LogP contribution in [-0.4, -0.2) is 20.9 Å². The molecule has 0 radical (unpaired) electrons. The predicted molar refractivity (Wildman–Crippen MR) is 84.4 cm³/mol. The third-order valence-corrected chi connectivity index (χ3v) is 4.62. The molecule has 116 valence electrons. The zero-order valence-corrected chi connectivity index (χ0v) is 13.6. The van der Waals surface area contributed by atoms with E-state index in [1.54, 1.807) is 24.3 Å². The molecule has 2 N–H and O–H groups in total. The fourth-order valence-electron chi connectivity index (χ4n) is 1.60. The SMILES string of the molecule is O=C(CNS(=O)(=O)c1ccc(F)cc1)Nc1ccc(Br)cc1. The Morgan fingerprint density at radius 1 is 1.05 bits per heavy atom. The lowest BCUT2D eigenvalue weighted by Gasteiger charge is -2.08. The van der Waals surface area contributed by atoms with Crippen molar-refractivity contribution in [2.45, 2.75) is 4.90 Å². The summed E-state index contributed by atoms with van der Waals surface area (Å²) in [6.45, 7) is -0.421. The summed E-state index contributed by atoms with van der Waals surface area (Å²) in [5.74, 6) is -1.04. The zero-order valence-electron chi connectivity index (χ0n) is 11.2. The Hall–Kier alpha value is -1.77. The van der Waals surface area contributed by atoms with Gasteiger partial charge < -0.3 is 5.32 Å². The van der Waals surface area contributed by atoms with Crippen LogP contribution in [0.2, 0.25) is 0 Å². The van der Waals surface area contributed by atoms with E-state index < -0.39 is 28.3 Å². The molecule has 0 spiro atoms. The van der Waals surface area contributed by atoms with Crippen molar-refractivity contribution in [3.05, 3.63) is 58.8 Å². The summed E-state index contributed by atoms with van der Waals surface area (Å²) in [6.07, 6.45) is 0. The lowest BCUT2D eigenvalue weighted by atomic mass is 10.3. The van der Waals surface area contributed by atoms with Crippen LogP contribution in [0.3, 0.4) is 0 Å². The first-order chi connectivity index (χ1) is 10.4. The van der Waals surface area contributed by atoms with E-state index in [1.807, 2.05) is 0 Å². The number of halogens is 2. The Kier molecular flexibility index (Phi) is 5.28. The number of nitrogens with one attached hydrogen (secondary N) is 2. The van der Waals surface area contributed by atoms with Crippen LogP contribution in [0, 0.1) is 5.82 Å². The van der Waals surface area contributed by atoms with Crippen molar-refractivity contribution in [2.24, 2.45) is 0 Å². The van der Waals surface area contributed by atoms with Gasteiger partial charge in [-0.3, -0.25) is 4.79 Å². The second kappa shape index (κ2) is 6.99. The Morgan fingerprint density at radius 2 is 1.64 bits per heavy atom. The molecule has 0 fully saturated rings. The molecular formula is C14H12BrFN2O3S. The maximum Gasteiger partial charge on any atom is 0.241 e. The molecule has 0 aromatic heterocycles. The molecular weight excluding hydrogens is 375 g/mol. The Bertz CT molecular complexity index is 762. The van der Waals surface area contributed by atoms with Gasteiger partial charge in [-0.25, -0.2) is 17.5 Å². The molecule has 0 aliphatic heterocycles. The first kappa shape index (κ1) is 16.6. The lowest BCUT2D eigenvalue weighted by molar-refractivity contribution is -0.115. The fraction of sp³-hybridized carbons (Fsp3) is 0.0714. The first-order valence-corrected chi connectivity index (χ1v) is 8.45. The average molecular weight is 387 g/mol. The number of hydrogen-bond acceptors (Lipinski definition) is 3. The maximum atomic E-state index is 12.8. The molecule has 0 heterocycles. The number of sulfonamides is 1. The van der Waals surface area contributed by atoms with Gasteiger partial charge in [0.1, 0.15) is 5.82 Å². The lowest BCUT2D eigenvalue weighted by Crippen LogP contribution is -2.32. The summed E-state index contributed by atoms with van der Waals surface area (Å²) in [5, 5.41) is 2.56. The molecule has 2 rings (SSSR count). The van der Waals surface area contributed by atoms with Crippen LogP contribution < -0.4 is 10.0 Å². The molecule has 0 bridgehead atoms. The molecule has 8 heteroatoms. The standard InChI is InChI=1S/C14H12BrFN2O3S/c15-10-1-5-12(6-2-10)18-14(19)9-17-22(20,21)13-7-3-11(16)4-8-13/h1-8,17H,9H2,(H,18,19). The van der Waals surface area contributed by atoms with Crippen LogP contribution in [0.4, 0.5) is 10.1 Å². The number of amides is 1. The summed E-state index contributed by atoms with van der Waals surface area (Å²) in [4.78, 5) is 11.6. The van der Waals surface area contributed by atoms with Crippen molar-refractivity contribution in [1.82, 2.24) is 4.72 Å². The van der Waals surface area contributed by atoms with E-state index in [0.29, 0.717) is 5.69 Å². The number of carbonyl (C=O) groups excluding carboxylic acids is 1. The summed E-state index contributed by atoms with van der Waals surface area (Å²) in [6, 6.07) is 11.2. The van der Waals surface area contributed by atoms with Crippen molar-refractivity contribution in [1.29, 1.82) is 0 Å². The van der Waals surface area contributed by atoms with Gasteiger partial charge in [0.25, 0.3) is 0 Å². The molecule has 2 aromatic rings. The number of carbonyl (C=O) groups is 1. The van der Waals surface area contributed by atoms with Gasteiger partial charge in [-0.15, -0.1) is 0 Å². The van der Waals surface area contributed by atoms with Gasteiger partial charge in [0.2, 0.25) is 15.9 Å². The summed E-state index contributed by atoms with van der Waals surface area (Å²) >= 11 is 3.27. The molecule has 0 atom stereocenters. The Morgan fingerprint density at radius 3 is 2.23 bits per heavy atom. The highest BCUT2D eigenvalue weighted by Crippen LogP contribution is 2.14. The number of benzene rings is 2. The number of hydrogen-bond donors (Lipinski definition) is 2. The van der Waals surface area contributed by atoms with Crippen LogP contribution >= 0.6 is 15.9 Å². The van der Waals surface area contributed by atoms with E-state index in [-0.39, 0.29) is 4.90 Å². The largest absolute Gasteiger partial charge is 0.325 e. The van der Waals surface area contributed by atoms with Gasteiger partial charge in [-0.05, 0) is 48.5 Å². The highest BCUT2D eigenvalue weighted by atomic mass is 79.9. The zero-order chi connectivity index (χ0) is 16.2. The van der Waals surface area contributed by atoms with Gasteiger partial charge in [0.05, 0.1) is 11.4 Å². The van der Waals surface area contributed by atoms with Crippen LogP contribution in [0.5, 0.6) is 0 Å². The molecule has 5 nitrogen and oxygen atoms in total. The van der Waals surface area contributed by atoms with Crippen LogP contribution in [0.15, 0.2) is 57.9 Å². The Balaban J connectivity index is 1.95. The van der Waals surface area contributed by atoms with Gasteiger partial charge >= 0.3 is 0 Å². The third-order valence-electron chi connectivity index (χ3n) is 2.67. The van der Waals surface area contributed by atoms with E-state index >= 15 is 0 Å². The van der Waals surface area contributed by atoms with Gasteiger partial charge in [-0.1, -0.05) is 15.9 Å². The molecule has 0 aliphatic carbocycles. The van der Waals surface area contributed by atoms with Crippen molar-refractivity contribution >= 4 is 37.5 Å². The number of anilines is 1. The normalized spacial score (nSPS) is 11.2. The average Bonchev–Trinajstić information content (AvgIpc) is 2.48. The second-order valence-electron chi connectivity index (χ2n) is 4.33. The van der Waals surface area contributed by atoms with Crippen molar-refractivity contribution in [2.75, 3.05) is 11.9 Å². The smallest absolute Gasteiger partial charge is 0.241 e. The van der Waals surface area contributed by atoms with E-state index in [0.717, 1.165) is 28.7 Å². The molecule has 0 aliphatic rings. The molecule has 22 heavy (non-hydrogen) atoms. The van der Waals surface area contributed by atoms with Gasteiger partial charge in [0.15, 0.2) is 0 Å². The predicted octanol–water partition coefficient (Wildman–Crippen LogP) is 2.51. The van der Waals surface area contributed by atoms with Crippen molar-refractivity contribution in [3.63, 3.8) is 0 Å². The first-order valence-electron chi connectivity index (χ1n) is 6.17. The van der Waals surface area contributed by atoms with E-state index in [1.165, 1.54) is 0 Å². The molecule has 0 saturated carbocycles. The highest BCUT2D eigenvalue weighted by molar-refractivity contribution is 9.10. The fourth-order valence-corrected chi connectivity index (χ4v) is 2.84. The van der Waals surface area contributed by atoms with E-state index in [9.17, 15) is 17.6 Å².